The van der Waals surface area contributed by atoms with Crippen molar-refractivity contribution in [2.75, 3.05) is 0 Å². The molecule has 0 saturated heterocycles. The molecule has 6 heteroatoms. The van der Waals surface area contributed by atoms with Gasteiger partial charge in [-0.25, -0.2) is 4.85 Å². The van der Waals surface area contributed by atoms with Crippen LogP contribution in [0, 0.1) is 13.5 Å². The molecule has 4 rings (SSSR count). The first kappa shape index (κ1) is 15.7. The molecule has 3 heterocycles. The second-order valence-corrected chi connectivity index (χ2v) is 5.77. The molecule has 0 bridgehead atoms. The van der Waals surface area contributed by atoms with Gasteiger partial charge in [0.05, 0.1) is 6.57 Å². The van der Waals surface area contributed by atoms with Gasteiger partial charge in [-0.3, -0.25) is 9.97 Å². The number of nitrogens with zero attached hydrogens (tertiary/aromatic N) is 5. The molecule has 0 N–H and O–H groups in total. The summed E-state index contributed by atoms with van der Waals surface area (Å²) in [6.07, 6.45) is 5.06. The smallest absolute Gasteiger partial charge is 0.258 e. The molecule has 0 amide bonds. The number of hydrogen-bond donors (Lipinski definition) is 0. The molecule has 0 spiro atoms. The van der Waals surface area contributed by atoms with Gasteiger partial charge in [0, 0.05) is 29.7 Å². The predicted molar refractivity (Wildman–Crippen MR) is 97.2 cm³/mol. The third kappa shape index (κ3) is 3.06. The second kappa shape index (κ2) is 6.57. The highest BCUT2D eigenvalue weighted by Gasteiger charge is 2.13. The maximum Gasteiger partial charge on any atom is 0.258 e. The zero-order valence-corrected chi connectivity index (χ0v) is 13.9. The molecule has 0 unspecified atom stereocenters. The highest BCUT2D eigenvalue weighted by atomic mass is 16.5. The van der Waals surface area contributed by atoms with Gasteiger partial charge in [0.15, 0.2) is 0 Å². The summed E-state index contributed by atoms with van der Waals surface area (Å²) in [5.41, 5.74) is 5.01. The first-order valence-electron chi connectivity index (χ1n) is 7.93. The molecular formula is C20H13N5O. The molecular weight excluding hydrogens is 326 g/mol. The summed E-state index contributed by atoms with van der Waals surface area (Å²) in [7, 11) is 0. The lowest BCUT2D eigenvalue weighted by Crippen LogP contribution is -1.87. The summed E-state index contributed by atoms with van der Waals surface area (Å²) >= 11 is 0. The fourth-order valence-electron chi connectivity index (χ4n) is 2.64. The molecule has 0 radical (unpaired) electrons. The lowest BCUT2D eigenvalue weighted by molar-refractivity contribution is 0.432. The molecule has 0 aliphatic carbocycles. The summed E-state index contributed by atoms with van der Waals surface area (Å²) < 4.78 is 5.43. The third-order valence-electron chi connectivity index (χ3n) is 3.85. The molecule has 1 aromatic carbocycles. The monoisotopic (exact) mass is 339 g/mol. The second-order valence-electron chi connectivity index (χ2n) is 5.77. The van der Waals surface area contributed by atoms with E-state index in [2.05, 4.69) is 31.0 Å². The van der Waals surface area contributed by atoms with Gasteiger partial charge >= 0.3 is 0 Å². The Balaban J connectivity index is 1.71. The van der Waals surface area contributed by atoms with Crippen molar-refractivity contribution in [3.05, 3.63) is 78.0 Å². The predicted octanol–water partition coefficient (Wildman–Crippen LogP) is 4.72. The summed E-state index contributed by atoms with van der Waals surface area (Å²) in [6, 6.07) is 13.4. The molecule has 0 aliphatic rings. The minimum atomic E-state index is 0.390. The zero-order chi connectivity index (χ0) is 17.9. The van der Waals surface area contributed by atoms with Crippen LogP contribution >= 0.6 is 0 Å². The van der Waals surface area contributed by atoms with Crippen LogP contribution in [0.4, 0.5) is 5.69 Å². The molecule has 0 fully saturated rings. The Morgan fingerprint density at radius 1 is 1.00 bits per heavy atom. The summed E-state index contributed by atoms with van der Waals surface area (Å²) in [6.45, 7) is 9.00. The van der Waals surface area contributed by atoms with Crippen LogP contribution in [0.5, 0.6) is 0 Å². The van der Waals surface area contributed by atoms with Crippen molar-refractivity contribution in [3.8, 4) is 34.1 Å². The minimum absolute atomic E-state index is 0.390. The van der Waals surface area contributed by atoms with Gasteiger partial charge in [-0.2, -0.15) is 4.98 Å². The standard InChI is InChI=1S/C20H13N5O/c1-13-8-15(14-4-3-7-22-11-14)10-16(9-13)20-24-19(25-26-20)18-6-5-17(21-2)12-23-18/h3-12H,1H3. The van der Waals surface area contributed by atoms with E-state index < -0.39 is 0 Å². The number of aromatic nitrogens is 4. The van der Waals surface area contributed by atoms with Crippen LogP contribution < -0.4 is 0 Å². The van der Waals surface area contributed by atoms with E-state index in [1.54, 1.807) is 18.3 Å². The lowest BCUT2D eigenvalue weighted by Gasteiger charge is -2.05. The van der Waals surface area contributed by atoms with E-state index in [1.807, 2.05) is 37.4 Å². The SMILES string of the molecule is [C-]#[N+]c1ccc(-c2noc(-c3cc(C)cc(-c4cccnc4)c3)n2)nc1. The van der Waals surface area contributed by atoms with Crippen molar-refractivity contribution in [2.45, 2.75) is 6.92 Å². The van der Waals surface area contributed by atoms with Crippen molar-refractivity contribution in [2.24, 2.45) is 0 Å². The van der Waals surface area contributed by atoms with Crippen LogP contribution in [0.2, 0.25) is 0 Å². The van der Waals surface area contributed by atoms with Crippen molar-refractivity contribution in [3.63, 3.8) is 0 Å². The van der Waals surface area contributed by atoms with E-state index in [0.29, 0.717) is 23.1 Å². The molecule has 0 saturated carbocycles. The number of aryl methyl sites for hydroxylation is 1. The average Bonchev–Trinajstić information content (AvgIpc) is 3.18. The summed E-state index contributed by atoms with van der Waals surface area (Å²) in [5, 5.41) is 4.01. The average molecular weight is 339 g/mol. The first-order valence-corrected chi connectivity index (χ1v) is 7.93. The Morgan fingerprint density at radius 3 is 2.62 bits per heavy atom. The number of benzene rings is 1. The van der Waals surface area contributed by atoms with Gasteiger partial charge in [-0.15, -0.1) is 0 Å². The van der Waals surface area contributed by atoms with Crippen molar-refractivity contribution in [1.82, 2.24) is 20.1 Å². The van der Waals surface area contributed by atoms with Crippen LogP contribution in [-0.4, -0.2) is 20.1 Å². The van der Waals surface area contributed by atoms with E-state index in [9.17, 15) is 0 Å². The first-order chi connectivity index (χ1) is 12.7. The van der Waals surface area contributed by atoms with E-state index in [4.69, 9.17) is 11.1 Å². The number of pyridine rings is 2. The van der Waals surface area contributed by atoms with Gasteiger partial charge in [0.25, 0.3) is 5.89 Å². The summed E-state index contributed by atoms with van der Waals surface area (Å²) in [5.74, 6) is 0.811. The van der Waals surface area contributed by atoms with Gasteiger partial charge < -0.3 is 4.52 Å². The van der Waals surface area contributed by atoms with Crippen molar-refractivity contribution >= 4 is 5.69 Å². The Kier molecular flexibility index (Phi) is 3.96. The quantitative estimate of drug-likeness (QED) is 0.505. The topological polar surface area (TPSA) is 69.1 Å². The lowest BCUT2D eigenvalue weighted by atomic mass is 10.0. The van der Waals surface area contributed by atoms with E-state index >= 15 is 0 Å². The molecule has 124 valence electrons. The normalized spacial score (nSPS) is 10.5. The van der Waals surface area contributed by atoms with E-state index in [1.165, 1.54) is 6.20 Å². The molecule has 3 aromatic heterocycles. The Bertz CT molecular complexity index is 1100. The molecule has 26 heavy (non-hydrogen) atoms. The Labute approximate surface area is 150 Å². The zero-order valence-electron chi connectivity index (χ0n) is 13.9. The largest absolute Gasteiger partial charge is 0.334 e. The number of rotatable bonds is 3. The van der Waals surface area contributed by atoms with Crippen LogP contribution in [0.3, 0.4) is 0 Å². The van der Waals surface area contributed by atoms with E-state index in [-0.39, 0.29) is 0 Å². The fourth-order valence-corrected chi connectivity index (χ4v) is 2.64. The summed E-state index contributed by atoms with van der Waals surface area (Å²) in [4.78, 5) is 16.1. The van der Waals surface area contributed by atoms with E-state index in [0.717, 1.165) is 22.3 Å². The van der Waals surface area contributed by atoms with Gasteiger partial charge in [-0.1, -0.05) is 23.4 Å². The number of hydrogen-bond acceptors (Lipinski definition) is 5. The molecule has 0 atom stereocenters. The van der Waals surface area contributed by atoms with Crippen LogP contribution in [0.15, 0.2) is 65.6 Å². The fraction of sp³-hybridized carbons (Fsp3) is 0.0500. The molecule has 4 aromatic rings. The van der Waals surface area contributed by atoms with Gasteiger partial charge in [0.2, 0.25) is 11.5 Å². The van der Waals surface area contributed by atoms with Crippen LogP contribution in [0.1, 0.15) is 5.56 Å². The maximum atomic E-state index is 6.98. The van der Waals surface area contributed by atoms with Crippen LogP contribution in [-0.2, 0) is 0 Å². The van der Waals surface area contributed by atoms with Crippen molar-refractivity contribution < 1.29 is 4.52 Å². The van der Waals surface area contributed by atoms with Crippen molar-refractivity contribution in [1.29, 1.82) is 0 Å². The molecule has 0 aliphatic heterocycles. The van der Waals surface area contributed by atoms with Gasteiger partial charge in [-0.05, 0) is 42.3 Å². The van der Waals surface area contributed by atoms with Gasteiger partial charge in [0.1, 0.15) is 5.69 Å². The molecule has 6 nitrogen and oxygen atoms in total. The van der Waals surface area contributed by atoms with Crippen LogP contribution in [0.25, 0.3) is 38.9 Å². The Hall–Kier alpha value is -3.85. The minimum Gasteiger partial charge on any atom is -0.334 e. The Morgan fingerprint density at radius 2 is 1.88 bits per heavy atom. The third-order valence-corrected chi connectivity index (χ3v) is 3.85. The highest BCUT2D eigenvalue weighted by molar-refractivity contribution is 5.71. The highest BCUT2D eigenvalue weighted by Crippen LogP contribution is 2.28. The maximum absolute atomic E-state index is 6.98.